The van der Waals surface area contributed by atoms with Gasteiger partial charge in [0.15, 0.2) is 0 Å². The number of para-hydroxylation sites is 2. The van der Waals surface area contributed by atoms with E-state index in [2.05, 4.69) is 60.3 Å². The van der Waals surface area contributed by atoms with Crippen LogP contribution in [0.4, 0.5) is 11.4 Å². The Morgan fingerprint density at radius 2 is 1.67 bits per heavy atom. The molecule has 0 radical (unpaired) electrons. The van der Waals surface area contributed by atoms with Gasteiger partial charge in [0.25, 0.3) is 0 Å². The molecule has 0 saturated carbocycles. The van der Waals surface area contributed by atoms with Crippen LogP contribution in [0.25, 0.3) is 0 Å². The normalized spacial score (nSPS) is 15.4. The molecule has 1 N–H and O–H groups in total. The van der Waals surface area contributed by atoms with E-state index in [0.29, 0.717) is 0 Å². The summed E-state index contributed by atoms with van der Waals surface area (Å²) in [4.78, 5) is 6.24. The van der Waals surface area contributed by atoms with Gasteiger partial charge in [-0.3, -0.25) is 0 Å². The summed E-state index contributed by atoms with van der Waals surface area (Å²) in [6.07, 6.45) is 0. The van der Waals surface area contributed by atoms with Crippen LogP contribution in [0.5, 0.6) is 5.75 Å². The monoisotopic (exact) mass is 326 g/mol. The van der Waals surface area contributed by atoms with Crippen LogP contribution in [0, 0.1) is 0 Å². The molecule has 1 aliphatic heterocycles. The first-order chi connectivity index (χ1) is 11.7. The van der Waals surface area contributed by atoms with Crippen LogP contribution in [0.1, 0.15) is 5.56 Å². The number of piperazine rings is 1. The highest BCUT2D eigenvalue weighted by molar-refractivity contribution is 5.58. The second-order valence-corrected chi connectivity index (χ2v) is 6.65. The second-order valence-electron chi connectivity index (χ2n) is 6.65. The van der Waals surface area contributed by atoms with Gasteiger partial charge in [0, 0.05) is 25.3 Å². The fourth-order valence-electron chi connectivity index (χ4n) is 3.33. The lowest BCUT2D eigenvalue weighted by Gasteiger charge is -2.34. The molecule has 4 heteroatoms. The molecule has 0 aromatic heterocycles. The number of hydrogen-bond acceptors (Lipinski definition) is 3. The van der Waals surface area contributed by atoms with Crippen LogP contribution >= 0.6 is 0 Å². The van der Waals surface area contributed by atoms with Gasteiger partial charge in [-0.1, -0.05) is 24.3 Å². The van der Waals surface area contributed by atoms with Crippen molar-refractivity contribution >= 4 is 11.4 Å². The van der Waals surface area contributed by atoms with Crippen molar-refractivity contribution in [3.63, 3.8) is 0 Å². The minimum absolute atomic E-state index is 0.972. The Balaban J connectivity index is 1.57. The Kier molecular flexibility index (Phi) is 5.26. The number of ether oxygens (including phenoxy) is 1. The van der Waals surface area contributed by atoms with Gasteiger partial charge in [0.1, 0.15) is 12.3 Å². The van der Waals surface area contributed by atoms with Crippen molar-refractivity contribution in [1.29, 1.82) is 0 Å². The van der Waals surface area contributed by atoms with Gasteiger partial charge in [0.2, 0.25) is 0 Å². The Morgan fingerprint density at radius 1 is 1.00 bits per heavy atom. The molecule has 1 heterocycles. The number of rotatable bonds is 5. The van der Waals surface area contributed by atoms with E-state index in [9.17, 15) is 0 Å². The molecule has 1 aliphatic rings. The lowest BCUT2D eigenvalue weighted by molar-refractivity contribution is -0.914. The van der Waals surface area contributed by atoms with E-state index < -0.39 is 0 Å². The lowest BCUT2D eigenvalue weighted by Crippen LogP contribution is -3.13. The average molecular weight is 326 g/mol. The van der Waals surface area contributed by atoms with Crippen LogP contribution < -0.4 is 19.4 Å². The summed E-state index contributed by atoms with van der Waals surface area (Å²) >= 11 is 0. The van der Waals surface area contributed by atoms with Crippen LogP contribution in [-0.2, 0) is 6.54 Å². The number of benzene rings is 2. The Hall–Kier alpha value is -2.20. The van der Waals surface area contributed by atoms with E-state index in [0.717, 1.165) is 38.5 Å². The quantitative estimate of drug-likeness (QED) is 0.902. The van der Waals surface area contributed by atoms with E-state index in [1.807, 2.05) is 12.1 Å². The van der Waals surface area contributed by atoms with Gasteiger partial charge in [-0.05, 0) is 24.3 Å². The topological polar surface area (TPSA) is 20.1 Å². The zero-order valence-electron chi connectivity index (χ0n) is 15.0. The maximum Gasteiger partial charge on any atom is 0.142 e. The zero-order valence-corrected chi connectivity index (χ0v) is 15.0. The SMILES string of the molecule is COc1ccccc1N1CC[NH+](Cc2ccc(N(C)C)cc2)CC1. The number of quaternary nitrogens is 1. The van der Waals surface area contributed by atoms with Gasteiger partial charge in [-0.2, -0.15) is 0 Å². The molecular formula is C20H28N3O+. The molecule has 2 aromatic rings. The maximum absolute atomic E-state index is 5.50. The van der Waals surface area contributed by atoms with Crippen LogP contribution in [-0.4, -0.2) is 47.4 Å². The number of methoxy groups -OCH3 is 1. The molecule has 0 aliphatic carbocycles. The Morgan fingerprint density at radius 3 is 2.29 bits per heavy atom. The van der Waals surface area contributed by atoms with Gasteiger partial charge >= 0.3 is 0 Å². The Labute approximate surface area is 145 Å². The molecule has 0 spiro atoms. The molecule has 4 nitrogen and oxygen atoms in total. The number of nitrogens with zero attached hydrogens (tertiary/aromatic N) is 2. The molecule has 128 valence electrons. The van der Waals surface area contributed by atoms with E-state index in [4.69, 9.17) is 4.74 Å². The largest absolute Gasteiger partial charge is 0.495 e. The summed E-state index contributed by atoms with van der Waals surface area (Å²) in [6.45, 7) is 5.57. The number of nitrogens with one attached hydrogen (secondary N) is 1. The highest BCUT2D eigenvalue weighted by atomic mass is 16.5. The molecular weight excluding hydrogens is 298 g/mol. The van der Waals surface area contributed by atoms with E-state index in [1.165, 1.54) is 16.9 Å². The summed E-state index contributed by atoms with van der Waals surface area (Å²) in [7, 11) is 5.91. The van der Waals surface area contributed by atoms with Crippen molar-refractivity contribution in [2.75, 3.05) is 57.2 Å². The minimum atomic E-state index is 0.972. The van der Waals surface area contributed by atoms with Crippen molar-refractivity contribution in [3.05, 3.63) is 54.1 Å². The molecule has 3 rings (SSSR count). The molecule has 24 heavy (non-hydrogen) atoms. The third-order valence-corrected chi connectivity index (χ3v) is 4.80. The number of hydrogen-bond donors (Lipinski definition) is 1. The summed E-state index contributed by atoms with van der Waals surface area (Å²) < 4.78 is 5.50. The van der Waals surface area contributed by atoms with Crippen molar-refractivity contribution in [1.82, 2.24) is 0 Å². The third-order valence-electron chi connectivity index (χ3n) is 4.80. The summed E-state index contributed by atoms with van der Waals surface area (Å²) in [5.41, 5.74) is 3.89. The zero-order chi connectivity index (χ0) is 16.9. The Bertz CT molecular complexity index is 646. The summed E-state index contributed by atoms with van der Waals surface area (Å²) in [5, 5.41) is 0. The van der Waals surface area contributed by atoms with Crippen LogP contribution in [0.3, 0.4) is 0 Å². The summed E-state index contributed by atoms with van der Waals surface area (Å²) in [5.74, 6) is 0.972. The minimum Gasteiger partial charge on any atom is -0.495 e. The molecule has 0 atom stereocenters. The maximum atomic E-state index is 5.50. The first-order valence-corrected chi connectivity index (χ1v) is 8.65. The van der Waals surface area contributed by atoms with Gasteiger partial charge in [-0.25, -0.2) is 0 Å². The highest BCUT2D eigenvalue weighted by Gasteiger charge is 2.22. The van der Waals surface area contributed by atoms with E-state index in [1.54, 1.807) is 12.0 Å². The predicted molar refractivity (Wildman–Crippen MR) is 100 cm³/mol. The third kappa shape index (κ3) is 3.82. The second kappa shape index (κ2) is 7.58. The first-order valence-electron chi connectivity index (χ1n) is 8.65. The van der Waals surface area contributed by atoms with Crippen molar-refractivity contribution in [2.24, 2.45) is 0 Å². The molecule has 0 amide bonds. The standard InChI is InChI=1S/C20H27N3O/c1-21(2)18-10-8-17(9-11-18)16-22-12-14-23(15-13-22)19-6-4-5-7-20(19)24-3/h4-11H,12-16H2,1-3H3/p+1. The number of anilines is 2. The molecule has 1 fully saturated rings. The summed E-state index contributed by atoms with van der Waals surface area (Å²) in [6, 6.07) is 17.2. The lowest BCUT2D eigenvalue weighted by atomic mass is 10.1. The fourth-order valence-corrected chi connectivity index (χ4v) is 3.33. The van der Waals surface area contributed by atoms with Crippen molar-refractivity contribution in [3.8, 4) is 5.75 Å². The van der Waals surface area contributed by atoms with Crippen molar-refractivity contribution < 1.29 is 9.64 Å². The van der Waals surface area contributed by atoms with Gasteiger partial charge < -0.3 is 19.4 Å². The van der Waals surface area contributed by atoms with Crippen LogP contribution in [0.15, 0.2) is 48.5 Å². The highest BCUT2D eigenvalue weighted by Crippen LogP contribution is 2.27. The van der Waals surface area contributed by atoms with Crippen molar-refractivity contribution in [2.45, 2.75) is 6.54 Å². The smallest absolute Gasteiger partial charge is 0.142 e. The van der Waals surface area contributed by atoms with E-state index in [-0.39, 0.29) is 0 Å². The molecule has 2 aromatic carbocycles. The van der Waals surface area contributed by atoms with E-state index >= 15 is 0 Å². The molecule has 0 unspecified atom stereocenters. The molecule has 0 bridgehead atoms. The van der Waals surface area contributed by atoms with Gasteiger partial charge in [0.05, 0.1) is 39.0 Å². The predicted octanol–water partition coefficient (Wildman–Crippen LogP) is 1.67. The van der Waals surface area contributed by atoms with Gasteiger partial charge in [-0.15, -0.1) is 0 Å². The fraction of sp³-hybridized carbons (Fsp3) is 0.400. The molecule has 1 saturated heterocycles. The first kappa shape index (κ1) is 16.7. The average Bonchev–Trinajstić information content (AvgIpc) is 2.63. The van der Waals surface area contributed by atoms with Crippen LogP contribution in [0.2, 0.25) is 0 Å².